The zero-order chi connectivity index (χ0) is 13.1. The number of anilines is 1. The average Bonchev–Trinajstić information content (AvgIpc) is 2.83. The maximum Gasteiger partial charge on any atom is 0.134 e. The number of benzene rings is 1. The molecule has 0 aliphatic carbocycles. The fourth-order valence-corrected chi connectivity index (χ4v) is 2.62. The Labute approximate surface area is 115 Å². The van der Waals surface area contributed by atoms with Crippen molar-refractivity contribution in [3.8, 4) is 11.3 Å². The number of hydrogen-bond donors (Lipinski definition) is 0. The average molecular weight is 286 g/mol. The highest BCUT2D eigenvalue weighted by Gasteiger charge is 2.17. The summed E-state index contributed by atoms with van der Waals surface area (Å²) in [4.78, 5) is 2.01. The summed E-state index contributed by atoms with van der Waals surface area (Å²) in [5.74, 6) is -0.374. The van der Waals surface area contributed by atoms with Crippen molar-refractivity contribution in [2.24, 2.45) is 0 Å². The van der Waals surface area contributed by atoms with Crippen LogP contribution in [-0.4, -0.2) is 22.3 Å². The van der Waals surface area contributed by atoms with Crippen molar-refractivity contribution >= 4 is 29.0 Å². The second-order valence-electron chi connectivity index (χ2n) is 3.97. The Hall–Kier alpha value is -1.20. The lowest BCUT2D eigenvalue weighted by Gasteiger charge is -2.21. The lowest BCUT2D eigenvalue weighted by molar-refractivity contribution is 0.630. The normalized spacial score (nSPS) is 10.7. The van der Waals surface area contributed by atoms with Gasteiger partial charge in [0.1, 0.15) is 11.5 Å². The van der Waals surface area contributed by atoms with Crippen LogP contribution in [0.15, 0.2) is 18.3 Å². The minimum atomic E-state index is -0.374. The van der Waals surface area contributed by atoms with Gasteiger partial charge in [-0.15, -0.1) is 0 Å². The first kappa shape index (κ1) is 13.2. The van der Waals surface area contributed by atoms with E-state index in [1.54, 1.807) is 6.07 Å². The molecule has 3 nitrogen and oxygen atoms in total. The molecule has 0 amide bonds. The molecule has 6 heteroatoms. The van der Waals surface area contributed by atoms with E-state index in [1.807, 2.05) is 11.9 Å². The van der Waals surface area contributed by atoms with Crippen LogP contribution in [-0.2, 0) is 0 Å². The molecule has 0 radical (unpaired) electrons. The Morgan fingerprint density at radius 1 is 1.44 bits per heavy atom. The molecular formula is C12H13ClFN3S. The molecule has 0 fully saturated rings. The first-order valence-corrected chi connectivity index (χ1v) is 6.73. The molecule has 0 N–H and O–H groups in total. The molecule has 18 heavy (non-hydrogen) atoms. The Balaban J connectivity index is 2.50. The van der Waals surface area contributed by atoms with Gasteiger partial charge >= 0.3 is 0 Å². The van der Waals surface area contributed by atoms with E-state index in [1.165, 1.54) is 12.3 Å². The Kier molecular flexibility index (Phi) is 4.14. The molecule has 1 aromatic heterocycles. The lowest BCUT2D eigenvalue weighted by atomic mass is 10.1. The van der Waals surface area contributed by atoms with Crippen molar-refractivity contribution < 1.29 is 4.39 Å². The third kappa shape index (κ3) is 2.47. The van der Waals surface area contributed by atoms with Gasteiger partial charge in [-0.2, -0.15) is 8.75 Å². The Morgan fingerprint density at radius 3 is 2.83 bits per heavy atom. The summed E-state index contributed by atoms with van der Waals surface area (Å²) in [5, 5.41) is 0.388. The highest BCUT2D eigenvalue weighted by Crippen LogP contribution is 2.36. The third-order valence-corrected chi connectivity index (χ3v) is 3.52. The van der Waals surface area contributed by atoms with Gasteiger partial charge in [0.05, 0.1) is 34.2 Å². The summed E-state index contributed by atoms with van der Waals surface area (Å²) >= 11 is 7.33. The van der Waals surface area contributed by atoms with Crippen molar-refractivity contribution in [3.63, 3.8) is 0 Å². The van der Waals surface area contributed by atoms with E-state index in [4.69, 9.17) is 11.6 Å². The molecule has 0 unspecified atom stereocenters. The predicted molar refractivity (Wildman–Crippen MR) is 73.9 cm³/mol. The maximum absolute atomic E-state index is 13.9. The molecule has 1 aromatic carbocycles. The monoisotopic (exact) mass is 285 g/mol. The summed E-state index contributed by atoms with van der Waals surface area (Å²) < 4.78 is 21.8. The van der Waals surface area contributed by atoms with Gasteiger partial charge in [0.25, 0.3) is 0 Å². The summed E-state index contributed by atoms with van der Waals surface area (Å²) in [6.07, 6.45) is 2.52. The van der Waals surface area contributed by atoms with Gasteiger partial charge < -0.3 is 4.90 Å². The van der Waals surface area contributed by atoms with Gasteiger partial charge in [-0.25, -0.2) is 4.39 Å². The van der Waals surface area contributed by atoms with Gasteiger partial charge in [-0.1, -0.05) is 18.5 Å². The second-order valence-corrected chi connectivity index (χ2v) is 4.90. The Bertz CT molecular complexity index is 530. The standard InChI is InChI=1S/C12H13ClFN3S/c1-3-6-17(2)10-5-4-8(14)11(12(10)13)9-7-15-18-16-9/h4-5,7H,3,6H2,1-2H3. The van der Waals surface area contributed by atoms with Crippen LogP contribution in [0.3, 0.4) is 0 Å². The number of halogens is 2. The van der Waals surface area contributed by atoms with Crippen molar-refractivity contribution in [1.82, 2.24) is 8.75 Å². The van der Waals surface area contributed by atoms with E-state index in [0.29, 0.717) is 16.3 Å². The molecule has 0 aliphatic rings. The Morgan fingerprint density at radius 2 is 2.22 bits per heavy atom. The summed E-state index contributed by atoms with van der Waals surface area (Å²) in [6, 6.07) is 3.11. The molecule has 1 heterocycles. The van der Waals surface area contributed by atoms with Crippen molar-refractivity contribution in [2.45, 2.75) is 13.3 Å². The topological polar surface area (TPSA) is 29.0 Å². The van der Waals surface area contributed by atoms with Crippen LogP contribution < -0.4 is 4.90 Å². The molecule has 0 saturated carbocycles. The van der Waals surface area contributed by atoms with E-state index in [9.17, 15) is 4.39 Å². The van der Waals surface area contributed by atoms with Crippen LogP contribution in [0.2, 0.25) is 5.02 Å². The summed E-state index contributed by atoms with van der Waals surface area (Å²) in [6.45, 7) is 2.94. The number of hydrogen-bond acceptors (Lipinski definition) is 4. The fourth-order valence-electron chi connectivity index (χ4n) is 1.80. The van der Waals surface area contributed by atoms with Gasteiger partial charge in [0.15, 0.2) is 0 Å². The van der Waals surface area contributed by atoms with Gasteiger partial charge in [0.2, 0.25) is 0 Å². The van der Waals surface area contributed by atoms with Crippen molar-refractivity contribution in [3.05, 3.63) is 29.2 Å². The van der Waals surface area contributed by atoms with Crippen LogP contribution in [0.5, 0.6) is 0 Å². The van der Waals surface area contributed by atoms with E-state index in [-0.39, 0.29) is 5.82 Å². The molecule has 0 spiro atoms. The largest absolute Gasteiger partial charge is 0.373 e. The second kappa shape index (κ2) is 5.63. The van der Waals surface area contributed by atoms with Crippen LogP contribution >= 0.6 is 23.3 Å². The zero-order valence-corrected chi connectivity index (χ0v) is 11.7. The number of rotatable bonds is 4. The van der Waals surface area contributed by atoms with Gasteiger partial charge in [0, 0.05) is 13.6 Å². The molecule has 2 rings (SSSR count). The highest BCUT2D eigenvalue weighted by molar-refractivity contribution is 6.99. The highest BCUT2D eigenvalue weighted by atomic mass is 35.5. The molecular weight excluding hydrogens is 273 g/mol. The van der Waals surface area contributed by atoms with Gasteiger partial charge in [-0.3, -0.25) is 0 Å². The predicted octanol–water partition coefficient (Wildman–Crippen LogP) is 3.84. The first-order chi connectivity index (χ1) is 8.65. The quantitative estimate of drug-likeness (QED) is 0.854. The van der Waals surface area contributed by atoms with E-state index in [2.05, 4.69) is 15.7 Å². The van der Waals surface area contributed by atoms with Gasteiger partial charge in [-0.05, 0) is 18.6 Å². The molecule has 2 aromatic rings. The zero-order valence-electron chi connectivity index (χ0n) is 10.2. The molecule has 0 atom stereocenters. The van der Waals surface area contributed by atoms with Crippen molar-refractivity contribution in [1.29, 1.82) is 0 Å². The van der Waals surface area contributed by atoms with E-state index in [0.717, 1.165) is 30.4 Å². The van der Waals surface area contributed by atoms with Crippen LogP contribution in [0.1, 0.15) is 13.3 Å². The lowest BCUT2D eigenvalue weighted by Crippen LogP contribution is -2.18. The number of nitrogens with zero attached hydrogens (tertiary/aromatic N) is 3. The SMILES string of the molecule is CCCN(C)c1ccc(F)c(-c2cnsn2)c1Cl. The molecule has 96 valence electrons. The summed E-state index contributed by atoms with van der Waals surface area (Å²) in [7, 11) is 1.94. The molecule has 0 aliphatic heterocycles. The molecule has 0 saturated heterocycles. The fraction of sp³-hybridized carbons (Fsp3) is 0.333. The van der Waals surface area contributed by atoms with Crippen LogP contribution in [0.4, 0.5) is 10.1 Å². The number of aromatic nitrogens is 2. The third-order valence-electron chi connectivity index (χ3n) is 2.66. The maximum atomic E-state index is 13.9. The van der Waals surface area contributed by atoms with E-state index < -0.39 is 0 Å². The van der Waals surface area contributed by atoms with E-state index >= 15 is 0 Å². The minimum absolute atomic E-state index is 0.325. The minimum Gasteiger partial charge on any atom is -0.373 e. The van der Waals surface area contributed by atoms with Crippen LogP contribution in [0, 0.1) is 5.82 Å². The molecule has 0 bridgehead atoms. The van der Waals surface area contributed by atoms with Crippen LogP contribution in [0.25, 0.3) is 11.3 Å². The summed E-state index contributed by atoms with van der Waals surface area (Å²) in [5.41, 5.74) is 1.61. The first-order valence-electron chi connectivity index (χ1n) is 5.62. The smallest absolute Gasteiger partial charge is 0.134 e. The van der Waals surface area contributed by atoms with Crippen molar-refractivity contribution in [2.75, 3.05) is 18.5 Å².